The summed E-state index contributed by atoms with van der Waals surface area (Å²) in [6, 6.07) is 13.0. The first-order chi connectivity index (χ1) is 12.1. The van der Waals surface area contributed by atoms with Gasteiger partial charge in [0, 0.05) is 5.56 Å². The fourth-order valence-corrected chi connectivity index (χ4v) is 2.56. The number of carbonyl (C=O) groups is 1. The molecule has 2 aromatic carbocycles. The summed E-state index contributed by atoms with van der Waals surface area (Å²) in [4.78, 5) is 14.0. The molecule has 0 N–H and O–H groups in total. The van der Waals surface area contributed by atoms with Gasteiger partial charge in [-0.05, 0) is 30.3 Å². The fraction of sp³-hybridized carbons (Fsp3) is 0.278. The Bertz CT molecular complexity index is 747. The molecular formula is C18H17F2NO4. The third-order valence-corrected chi connectivity index (χ3v) is 3.80. The number of hydrogen-bond acceptors (Lipinski definition) is 4. The molecule has 0 aliphatic carbocycles. The zero-order valence-corrected chi connectivity index (χ0v) is 13.5. The second kappa shape index (κ2) is 7.38. The Morgan fingerprint density at radius 3 is 2.52 bits per heavy atom. The van der Waals surface area contributed by atoms with Crippen LogP contribution in [0.1, 0.15) is 10.4 Å². The predicted molar refractivity (Wildman–Crippen MR) is 86.4 cm³/mol. The Balaban J connectivity index is 1.58. The lowest BCUT2D eigenvalue weighted by atomic mass is 10.1. The van der Waals surface area contributed by atoms with Crippen LogP contribution in [-0.2, 0) is 0 Å². The third-order valence-electron chi connectivity index (χ3n) is 3.80. The summed E-state index contributed by atoms with van der Waals surface area (Å²) in [7, 11) is 1.56. The molecule has 0 atom stereocenters. The molecule has 0 aromatic heterocycles. The molecule has 0 spiro atoms. The van der Waals surface area contributed by atoms with E-state index in [2.05, 4.69) is 4.74 Å². The van der Waals surface area contributed by atoms with Crippen LogP contribution in [0.15, 0.2) is 48.5 Å². The van der Waals surface area contributed by atoms with Gasteiger partial charge in [0.15, 0.2) is 11.5 Å². The Morgan fingerprint density at radius 1 is 1.12 bits per heavy atom. The largest absolute Gasteiger partial charge is 0.493 e. The van der Waals surface area contributed by atoms with Crippen molar-refractivity contribution in [1.82, 2.24) is 4.90 Å². The zero-order chi connectivity index (χ0) is 17.8. The number of amides is 1. The highest BCUT2D eigenvalue weighted by atomic mass is 19.3. The SMILES string of the molecule is COc1ccccc1OC1CN(C(=O)c2cccc(OC(F)F)c2)C1. The summed E-state index contributed by atoms with van der Waals surface area (Å²) in [6.07, 6.45) is -0.138. The van der Waals surface area contributed by atoms with Crippen molar-refractivity contribution in [3.05, 3.63) is 54.1 Å². The van der Waals surface area contributed by atoms with E-state index in [4.69, 9.17) is 9.47 Å². The molecule has 2 aromatic rings. The van der Waals surface area contributed by atoms with Crippen LogP contribution in [0.25, 0.3) is 0 Å². The Kier molecular flexibility index (Phi) is 5.02. The number of methoxy groups -OCH3 is 1. The molecule has 3 rings (SSSR count). The molecule has 0 unspecified atom stereocenters. The van der Waals surface area contributed by atoms with E-state index in [1.807, 2.05) is 12.1 Å². The molecule has 7 heteroatoms. The molecular weight excluding hydrogens is 332 g/mol. The average Bonchev–Trinajstić information content (AvgIpc) is 2.57. The summed E-state index contributed by atoms with van der Waals surface area (Å²) in [5, 5.41) is 0. The number of halogens is 2. The van der Waals surface area contributed by atoms with Crippen LogP contribution < -0.4 is 14.2 Å². The highest BCUT2D eigenvalue weighted by molar-refractivity contribution is 5.95. The van der Waals surface area contributed by atoms with Gasteiger partial charge in [-0.1, -0.05) is 18.2 Å². The molecule has 1 fully saturated rings. The van der Waals surface area contributed by atoms with Gasteiger partial charge in [-0.3, -0.25) is 4.79 Å². The van der Waals surface area contributed by atoms with Crippen molar-refractivity contribution in [2.24, 2.45) is 0 Å². The summed E-state index contributed by atoms with van der Waals surface area (Å²) in [5.74, 6) is 0.960. The first-order valence-electron chi connectivity index (χ1n) is 7.70. The molecule has 1 amide bonds. The van der Waals surface area contributed by atoms with Gasteiger partial charge in [-0.25, -0.2) is 0 Å². The van der Waals surface area contributed by atoms with Crippen molar-refractivity contribution in [3.8, 4) is 17.2 Å². The van der Waals surface area contributed by atoms with Gasteiger partial charge in [0.25, 0.3) is 5.91 Å². The van der Waals surface area contributed by atoms with Gasteiger partial charge in [0.1, 0.15) is 11.9 Å². The second-order valence-corrected chi connectivity index (χ2v) is 5.51. The van der Waals surface area contributed by atoms with Crippen LogP contribution in [0.4, 0.5) is 8.78 Å². The number of carbonyl (C=O) groups excluding carboxylic acids is 1. The van der Waals surface area contributed by atoms with Gasteiger partial charge in [-0.15, -0.1) is 0 Å². The molecule has 0 bridgehead atoms. The second-order valence-electron chi connectivity index (χ2n) is 5.51. The number of para-hydroxylation sites is 2. The highest BCUT2D eigenvalue weighted by Gasteiger charge is 2.33. The lowest BCUT2D eigenvalue weighted by molar-refractivity contribution is -0.0499. The van der Waals surface area contributed by atoms with Crippen LogP contribution in [0.2, 0.25) is 0 Å². The molecule has 0 radical (unpaired) electrons. The number of nitrogens with zero attached hydrogens (tertiary/aromatic N) is 1. The van der Waals surface area contributed by atoms with Crippen molar-refractivity contribution >= 4 is 5.91 Å². The zero-order valence-electron chi connectivity index (χ0n) is 13.5. The third kappa shape index (κ3) is 3.99. The molecule has 1 aliphatic rings. The molecule has 5 nitrogen and oxygen atoms in total. The van der Waals surface area contributed by atoms with E-state index >= 15 is 0 Å². The Hall–Kier alpha value is -2.83. The number of hydrogen-bond donors (Lipinski definition) is 0. The van der Waals surface area contributed by atoms with Crippen LogP contribution in [0.5, 0.6) is 17.2 Å². The standard InChI is InChI=1S/C18H17F2NO4/c1-23-15-7-2-3-8-16(15)24-14-10-21(11-14)17(22)12-5-4-6-13(9-12)25-18(19)20/h2-9,14,18H,10-11H2,1H3. The minimum Gasteiger partial charge on any atom is -0.493 e. The highest BCUT2D eigenvalue weighted by Crippen LogP contribution is 2.29. The fourth-order valence-electron chi connectivity index (χ4n) is 2.56. The molecule has 25 heavy (non-hydrogen) atoms. The van der Waals surface area contributed by atoms with Gasteiger partial charge in [0.2, 0.25) is 0 Å². The van der Waals surface area contributed by atoms with Crippen LogP contribution in [0.3, 0.4) is 0 Å². The maximum absolute atomic E-state index is 12.4. The van der Waals surface area contributed by atoms with Crippen molar-refractivity contribution in [2.75, 3.05) is 20.2 Å². The maximum Gasteiger partial charge on any atom is 0.387 e. The number of likely N-dealkylation sites (tertiary alicyclic amines) is 1. The van der Waals surface area contributed by atoms with Gasteiger partial charge < -0.3 is 19.1 Å². The minimum atomic E-state index is -2.92. The minimum absolute atomic E-state index is 0.0387. The summed E-state index contributed by atoms with van der Waals surface area (Å²) in [5.41, 5.74) is 0.300. The normalized spacial score (nSPS) is 14.2. The lowest BCUT2D eigenvalue weighted by Gasteiger charge is -2.39. The smallest absolute Gasteiger partial charge is 0.387 e. The van der Waals surface area contributed by atoms with Crippen molar-refractivity contribution in [3.63, 3.8) is 0 Å². The van der Waals surface area contributed by atoms with Crippen molar-refractivity contribution < 1.29 is 27.8 Å². The lowest BCUT2D eigenvalue weighted by Crippen LogP contribution is -2.56. The number of ether oxygens (including phenoxy) is 3. The maximum atomic E-state index is 12.4. The monoisotopic (exact) mass is 349 g/mol. The van der Waals surface area contributed by atoms with Crippen LogP contribution in [-0.4, -0.2) is 43.7 Å². The van der Waals surface area contributed by atoms with Gasteiger partial charge >= 0.3 is 6.61 Å². The topological polar surface area (TPSA) is 48.0 Å². The van der Waals surface area contributed by atoms with Crippen molar-refractivity contribution in [2.45, 2.75) is 12.7 Å². The summed E-state index contributed by atoms with van der Waals surface area (Å²) < 4.78 is 39.9. The Morgan fingerprint density at radius 2 is 1.84 bits per heavy atom. The molecule has 1 heterocycles. The quantitative estimate of drug-likeness (QED) is 0.804. The van der Waals surface area contributed by atoms with E-state index in [9.17, 15) is 13.6 Å². The Labute approximate surface area is 143 Å². The van der Waals surface area contributed by atoms with E-state index in [0.29, 0.717) is 30.2 Å². The van der Waals surface area contributed by atoms with E-state index in [1.165, 1.54) is 18.2 Å². The van der Waals surface area contributed by atoms with Gasteiger partial charge in [0.05, 0.1) is 20.2 Å². The number of rotatable bonds is 6. The van der Waals surface area contributed by atoms with Gasteiger partial charge in [-0.2, -0.15) is 8.78 Å². The first kappa shape index (κ1) is 17.0. The average molecular weight is 349 g/mol. The molecule has 132 valence electrons. The number of alkyl halides is 2. The van der Waals surface area contributed by atoms with Crippen LogP contribution in [0, 0.1) is 0 Å². The van der Waals surface area contributed by atoms with E-state index < -0.39 is 6.61 Å². The van der Waals surface area contributed by atoms with Crippen LogP contribution >= 0.6 is 0 Å². The summed E-state index contributed by atoms with van der Waals surface area (Å²) in [6.45, 7) is -2.10. The first-order valence-corrected chi connectivity index (χ1v) is 7.70. The van der Waals surface area contributed by atoms with E-state index in [-0.39, 0.29) is 17.8 Å². The van der Waals surface area contributed by atoms with Crippen molar-refractivity contribution in [1.29, 1.82) is 0 Å². The molecule has 1 saturated heterocycles. The van der Waals surface area contributed by atoms with E-state index in [0.717, 1.165) is 0 Å². The summed E-state index contributed by atoms with van der Waals surface area (Å²) >= 11 is 0. The van der Waals surface area contributed by atoms with E-state index in [1.54, 1.807) is 30.2 Å². The molecule has 0 saturated carbocycles. The number of benzene rings is 2. The predicted octanol–water partition coefficient (Wildman–Crippen LogP) is 3.20. The molecule has 1 aliphatic heterocycles.